The number of nitrogens with zero attached hydrogens (tertiary/aromatic N) is 2. The standard InChI is InChI=1S/C14H15BrN2/c1-2-17(11-12-6-8-16-9-7-12)14-5-3-4-13(15)10-14/h3-10H,2,11H2,1H3. The first-order valence-electron chi connectivity index (χ1n) is 5.69. The van der Waals surface area contributed by atoms with Crippen LogP contribution in [0.25, 0.3) is 0 Å². The molecule has 0 aliphatic rings. The SMILES string of the molecule is CCN(Cc1ccncc1)c1cccc(Br)c1. The highest BCUT2D eigenvalue weighted by atomic mass is 79.9. The molecule has 88 valence electrons. The van der Waals surface area contributed by atoms with Gasteiger partial charge in [0.2, 0.25) is 0 Å². The second-order valence-electron chi connectivity index (χ2n) is 3.85. The van der Waals surface area contributed by atoms with Gasteiger partial charge in [-0.05, 0) is 42.8 Å². The molecule has 0 atom stereocenters. The van der Waals surface area contributed by atoms with Gasteiger partial charge in [-0.3, -0.25) is 4.98 Å². The van der Waals surface area contributed by atoms with Crippen LogP contribution < -0.4 is 4.90 Å². The summed E-state index contributed by atoms with van der Waals surface area (Å²) in [6.07, 6.45) is 3.67. The molecular formula is C14H15BrN2. The van der Waals surface area contributed by atoms with Crippen molar-refractivity contribution in [1.82, 2.24) is 4.98 Å². The number of aromatic nitrogens is 1. The minimum Gasteiger partial charge on any atom is -0.367 e. The molecule has 0 amide bonds. The third kappa shape index (κ3) is 3.30. The Hall–Kier alpha value is -1.35. The van der Waals surface area contributed by atoms with E-state index >= 15 is 0 Å². The van der Waals surface area contributed by atoms with Crippen molar-refractivity contribution < 1.29 is 0 Å². The Morgan fingerprint density at radius 2 is 1.94 bits per heavy atom. The molecule has 1 heterocycles. The van der Waals surface area contributed by atoms with Crippen molar-refractivity contribution in [2.75, 3.05) is 11.4 Å². The Morgan fingerprint density at radius 3 is 2.59 bits per heavy atom. The maximum absolute atomic E-state index is 4.04. The summed E-state index contributed by atoms with van der Waals surface area (Å²) in [6.45, 7) is 4.07. The van der Waals surface area contributed by atoms with Crippen molar-refractivity contribution in [3.63, 3.8) is 0 Å². The summed E-state index contributed by atoms with van der Waals surface area (Å²) < 4.78 is 1.11. The summed E-state index contributed by atoms with van der Waals surface area (Å²) in [6, 6.07) is 12.5. The van der Waals surface area contributed by atoms with Gasteiger partial charge in [0, 0.05) is 35.6 Å². The number of pyridine rings is 1. The van der Waals surface area contributed by atoms with Gasteiger partial charge in [0.05, 0.1) is 0 Å². The lowest BCUT2D eigenvalue weighted by Gasteiger charge is -2.23. The van der Waals surface area contributed by atoms with Gasteiger partial charge in [-0.1, -0.05) is 22.0 Å². The lowest BCUT2D eigenvalue weighted by atomic mass is 10.2. The molecule has 0 bridgehead atoms. The van der Waals surface area contributed by atoms with Crippen molar-refractivity contribution in [2.45, 2.75) is 13.5 Å². The number of hydrogen-bond donors (Lipinski definition) is 0. The first kappa shape index (κ1) is 12.1. The van der Waals surface area contributed by atoms with Crippen LogP contribution in [0.4, 0.5) is 5.69 Å². The van der Waals surface area contributed by atoms with E-state index in [-0.39, 0.29) is 0 Å². The van der Waals surface area contributed by atoms with Crippen molar-refractivity contribution in [1.29, 1.82) is 0 Å². The predicted molar refractivity (Wildman–Crippen MR) is 75.1 cm³/mol. The molecule has 1 aromatic heterocycles. The third-order valence-electron chi connectivity index (χ3n) is 2.68. The van der Waals surface area contributed by atoms with E-state index in [9.17, 15) is 0 Å². The van der Waals surface area contributed by atoms with E-state index in [0.717, 1.165) is 17.6 Å². The summed E-state index contributed by atoms with van der Waals surface area (Å²) in [5.41, 5.74) is 2.51. The Balaban J connectivity index is 2.17. The second kappa shape index (κ2) is 5.82. The fourth-order valence-corrected chi connectivity index (χ4v) is 2.15. The molecular weight excluding hydrogens is 276 g/mol. The van der Waals surface area contributed by atoms with Crippen molar-refractivity contribution >= 4 is 21.6 Å². The first-order valence-corrected chi connectivity index (χ1v) is 6.48. The van der Waals surface area contributed by atoms with Gasteiger partial charge in [0.1, 0.15) is 0 Å². The summed E-state index contributed by atoms with van der Waals surface area (Å²) in [7, 11) is 0. The van der Waals surface area contributed by atoms with Crippen LogP contribution in [0.5, 0.6) is 0 Å². The first-order chi connectivity index (χ1) is 8.29. The molecule has 0 saturated carbocycles. The van der Waals surface area contributed by atoms with Gasteiger partial charge in [0.15, 0.2) is 0 Å². The molecule has 0 aliphatic heterocycles. The van der Waals surface area contributed by atoms with Crippen LogP contribution >= 0.6 is 15.9 Å². The van der Waals surface area contributed by atoms with E-state index in [1.54, 1.807) is 0 Å². The Kier molecular flexibility index (Phi) is 4.15. The molecule has 0 unspecified atom stereocenters. The Labute approximate surface area is 110 Å². The summed E-state index contributed by atoms with van der Waals surface area (Å²) in [5.74, 6) is 0. The molecule has 0 saturated heterocycles. The molecule has 2 aromatic rings. The fourth-order valence-electron chi connectivity index (χ4n) is 1.77. The van der Waals surface area contributed by atoms with E-state index in [1.807, 2.05) is 18.5 Å². The van der Waals surface area contributed by atoms with Gasteiger partial charge in [0.25, 0.3) is 0 Å². The number of halogens is 1. The highest BCUT2D eigenvalue weighted by Gasteiger charge is 2.05. The van der Waals surface area contributed by atoms with Crippen LogP contribution in [-0.2, 0) is 6.54 Å². The summed E-state index contributed by atoms with van der Waals surface area (Å²) >= 11 is 3.51. The number of benzene rings is 1. The summed E-state index contributed by atoms with van der Waals surface area (Å²) in [5, 5.41) is 0. The maximum atomic E-state index is 4.04. The average Bonchev–Trinajstić information content (AvgIpc) is 2.37. The van der Waals surface area contributed by atoms with Gasteiger partial charge in [-0.25, -0.2) is 0 Å². The molecule has 2 nitrogen and oxygen atoms in total. The number of rotatable bonds is 4. The maximum Gasteiger partial charge on any atom is 0.0430 e. The molecule has 0 N–H and O–H groups in total. The van der Waals surface area contributed by atoms with Crippen LogP contribution in [0.3, 0.4) is 0 Å². The van der Waals surface area contributed by atoms with E-state index in [4.69, 9.17) is 0 Å². The molecule has 3 heteroatoms. The highest BCUT2D eigenvalue weighted by Crippen LogP contribution is 2.21. The van der Waals surface area contributed by atoms with Gasteiger partial charge < -0.3 is 4.90 Å². The smallest absolute Gasteiger partial charge is 0.0430 e. The Morgan fingerprint density at radius 1 is 1.18 bits per heavy atom. The van der Waals surface area contributed by atoms with Crippen molar-refractivity contribution in [3.8, 4) is 0 Å². The van der Waals surface area contributed by atoms with Crippen molar-refractivity contribution in [3.05, 3.63) is 58.8 Å². The molecule has 0 radical (unpaired) electrons. The fraction of sp³-hybridized carbons (Fsp3) is 0.214. The summed E-state index contributed by atoms with van der Waals surface area (Å²) in [4.78, 5) is 6.37. The highest BCUT2D eigenvalue weighted by molar-refractivity contribution is 9.10. The molecule has 0 aliphatic carbocycles. The second-order valence-corrected chi connectivity index (χ2v) is 4.77. The minimum absolute atomic E-state index is 0.912. The van der Waals surface area contributed by atoms with Crippen LogP contribution in [0.15, 0.2) is 53.3 Å². The van der Waals surface area contributed by atoms with E-state index in [0.29, 0.717) is 0 Å². The van der Waals surface area contributed by atoms with Crippen LogP contribution in [0.2, 0.25) is 0 Å². The van der Waals surface area contributed by atoms with Gasteiger partial charge in [-0.15, -0.1) is 0 Å². The minimum atomic E-state index is 0.912. The van der Waals surface area contributed by atoms with Crippen LogP contribution in [0.1, 0.15) is 12.5 Å². The largest absolute Gasteiger partial charge is 0.367 e. The third-order valence-corrected chi connectivity index (χ3v) is 3.17. The normalized spacial score (nSPS) is 10.2. The van der Waals surface area contributed by atoms with Crippen LogP contribution in [-0.4, -0.2) is 11.5 Å². The van der Waals surface area contributed by atoms with Crippen molar-refractivity contribution in [2.24, 2.45) is 0 Å². The Bertz CT molecular complexity index is 471. The van der Waals surface area contributed by atoms with Gasteiger partial charge in [-0.2, -0.15) is 0 Å². The monoisotopic (exact) mass is 290 g/mol. The van der Waals surface area contributed by atoms with Gasteiger partial charge >= 0.3 is 0 Å². The predicted octanol–water partition coefficient (Wildman–Crippen LogP) is 3.87. The number of hydrogen-bond acceptors (Lipinski definition) is 2. The number of anilines is 1. The zero-order valence-corrected chi connectivity index (χ0v) is 11.4. The average molecular weight is 291 g/mol. The van der Waals surface area contributed by atoms with Crippen LogP contribution in [0, 0.1) is 0 Å². The molecule has 0 fully saturated rings. The quantitative estimate of drug-likeness (QED) is 0.850. The van der Waals surface area contributed by atoms with E-state index < -0.39 is 0 Å². The topological polar surface area (TPSA) is 16.1 Å². The molecule has 0 spiro atoms. The molecule has 1 aromatic carbocycles. The van der Waals surface area contributed by atoms with E-state index in [1.165, 1.54) is 11.3 Å². The lowest BCUT2D eigenvalue weighted by molar-refractivity contribution is 0.830. The van der Waals surface area contributed by atoms with E-state index in [2.05, 4.69) is 63.1 Å². The molecule has 17 heavy (non-hydrogen) atoms. The molecule has 2 rings (SSSR count). The zero-order valence-electron chi connectivity index (χ0n) is 9.81. The zero-order chi connectivity index (χ0) is 12.1. The lowest BCUT2D eigenvalue weighted by Crippen LogP contribution is -2.21.